The number of benzene rings is 1. The molecule has 0 bridgehead atoms. The van der Waals surface area contributed by atoms with Crippen LogP contribution < -0.4 is 0 Å². The van der Waals surface area contributed by atoms with E-state index in [1.54, 1.807) is 38.8 Å². The Morgan fingerprint density at radius 3 is 2.28 bits per heavy atom. The molecular formula is C22H32ClFN2O3. The summed E-state index contributed by atoms with van der Waals surface area (Å²) in [4.78, 5) is 28.0. The standard InChI is InChI=1S/C22H32ClFN2O3/c1-13-8-16(23)9-17(24)20(13)19-14(2)10-26(11-15(19)3)18(27)12-25(7)21(28)29-22(4,5)6/h8-9,14-15,19H,10-12H2,1-7H3/t14-,15+,19?. The van der Waals surface area contributed by atoms with Gasteiger partial charge in [-0.05, 0) is 68.7 Å². The van der Waals surface area contributed by atoms with Gasteiger partial charge in [0.15, 0.2) is 0 Å². The average Bonchev–Trinajstić information content (AvgIpc) is 2.54. The quantitative estimate of drug-likeness (QED) is 0.694. The number of aryl methyl sites for hydroxylation is 1. The lowest BCUT2D eigenvalue weighted by Gasteiger charge is -2.42. The monoisotopic (exact) mass is 426 g/mol. The van der Waals surface area contributed by atoms with Crippen LogP contribution in [-0.4, -0.2) is 54.1 Å². The SMILES string of the molecule is Cc1cc(Cl)cc(F)c1C1[C@H](C)CN(C(=O)CN(C)C(=O)OC(C)(C)C)C[C@@H]1C. The van der Waals surface area contributed by atoms with E-state index in [0.717, 1.165) is 5.56 Å². The molecule has 0 N–H and O–H groups in total. The summed E-state index contributed by atoms with van der Waals surface area (Å²) in [6.45, 7) is 12.3. The van der Waals surface area contributed by atoms with Gasteiger partial charge in [-0.2, -0.15) is 0 Å². The molecule has 1 aliphatic rings. The Balaban J connectivity index is 2.08. The minimum absolute atomic E-state index is 0.0000906. The van der Waals surface area contributed by atoms with Gasteiger partial charge in [-0.25, -0.2) is 9.18 Å². The van der Waals surface area contributed by atoms with Crippen molar-refractivity contribution < 1.29 is 18.7 Å². The third-order valence-electron chi connectivity index (χ3n) is 5.31. The molecule has 1 aromatic carbocycles. The Morgan fingerprint density at radius 2 is 1.79 bits per heavy atom. The molecule has 3 atom stereocenters. The van der Waals surface area contributed by atoms with Gasteiger partial charge >= 0.3 is 6.09 Å². The number of carbonyl (C=O) groups excluding carboxylic acids is 2. The molecule has 1 aromatic rings. The summed E-state index contributed by atoms with van der Waals surface area (Å²) in [5, 5.41) is 0.391. The Hall–Kier alpha value is -1.82. The molecule has 2 amide bonds. The molecular weight excluding hydrogens is 395 g/mol. The number of piperidine rings is 1. The predicted octanol–water partition coefficient (Wildman–Crippen LogP) is 4.85. The van der Waals surface area contributed by atoms with Gasteiger partial charge in [0.2, 0.25) is 5.91 Å². The zero-order valence-electron chi connectivity index (χ0n) is 18.4. The zero-order chi connectivity index (χ0) is 22.1. The van der Waals surface area contributed by atoms with Crippen molar-refractivity contribution in [2.45, 2.75) is 53.1 Å². The van der Waals surface area contributed by atoms with E-state index in [2.05, 4.69) is 0 Å². The lowest BCUT2D eigenvalue weighted by atomic mass is 9.73. The molecule has 7 heteroatoms. The van der Waals surface area contributed by atoms with Gasteiger partial charge in [-0.15, -0.1) is 0 Å². The van der Waals surface area contributed by atoms with Crippen molar-refractivity contribution in [2.75, 3.05) is 26.7 Å². The van der Waals surface area contributed by atoms with Crippen molar-refractivity contribution in [1.82, 2.24) is 9.80 Å². The van der Waals surface area contributed by atoms with Crippen molar-refractivity contribution in [2.24, 2.45) is 11.8 Å². The average molecular weight is 427 g/mol. The maximum Gasteiger partial charge on any atom is 0.410 e. The molecule has 0 saturated carbocycles. The van der Waals surface area contributed by atoms with Gasteiger partial charge in [0, 0.05) is 25.2 Å². The van der Waals surface area contributed by atoms with Crippen molar-refractivity contribution in [3.05, 3.63) is 34.1 Å². The lowest BCUT2D eigenvalue weighted by Crippen LogP contribution is -2.50. The van der Waals surface area contributed by atoms with Crippen molar-refractivity contribution >= 4 is 23.6 Å². The highest BCUT2D eigenvalue weighted by molar-refractivity contribution is 6.30. The molecule has 162 valence electrons. The van der Waals surface area contributed by atoms with Crippen LogP contribution in [0.15, 0.2) is 12.1 Å². The topological polar surface area (TPSA) is 49.9 Å². The lowest BCUT2D eigenvalue weighted by molar-refractivity contribution is -0.135. The predicted molar refractivity (Wildman–Crippen MR) is 113 cm³/mol. The second kappa shape index (κ2) is 8.90. The van der Waals surface area contributed by atoms with E-state index in [-0.39, 0.29) is 36.0 Å². The number of nitrogens with zero attached hydrogens (tertiary/aromatic N) is 2. The zero-order valence-corrected chi connectivity index (χ0v) is 19.1. The highest BCUT2D eigenvalue weighted by atomic mass is 35.5. The first-order valence-electron chi connectivity index (χ1n) is 9.97. The first-order valence-corrected chi connectivity index (χ1v) is 10.4. The second-order valence-electron chi connectivity index (χ2n) is 9.23. The minimum Gasteiger partial charge on any atom is -0.444 e. The number of amides is 2. The molecule has 0 aromatic heterocycles. The van der Waals surface area contributed by atoms with Crippen LogP contribution in [-0.2, 0) is 9.53 Å². The molecule has 0 spiro atoms. The summed E-state index contributed by atoms with van der Waals surface area (Å²) in [6.07, 6.45) is -0.527. The van der Waals surface area contributed by atoms with E-state index < -0.39 is 11.7 Å². The van der Waals surface area contributed by atoms with Gasteiger partial charge in [-0.3, -0.25) is 4.79 Å². The number of ether oxygens (including phenoxy) is 1. The van der Waals surface area contributed by atoms with E-state index >= 15 is 0 Å². The van der Waals surface area contributed by atoms with Crippen LogP contribution in [0, 0.1) is 24.6 Å². The largest absolute Gasteiger partial charge is 0.444 e. The van der Waals surface area contributed by atoms with Gasteiger partial charge in [0.25, 0.3) is 0 Å². The van der Waals surface area contributed by atoms with Crippen LogP contribution in [0.5, 0.6) is 0 Å². The summed E-state index contributed by atoms with van der Waals surface area (Å²) in [7, 11) is 1.55. The molecule has 5 nitrogen and oxygen atoms in total. The Morgan fingerprint density at radius 1 is 1.24 bits per heavy atom. The maximum atomic E-state index is 14.7. The van der Waals surface area contributed by atoms with Crippen molar-refractivity contribution in [3.8, 4) is 0 Å². The van der Waals surface area contributed by atoms with E-state index in [0.29, 0.717) is 23.7 Å². The molecule has 2 rings (SSSR count). The number of likely N-dealkylation sites (N-methyl/N-ethyl adjacent to an activating group) is 1. The number of likely N-dealkylation sites (tertiary alicyclic amines) is 1. The van der Waals surface area contributed by atoms with Gasteiger partial charge < -0.3 is 14.5 Å². The van der Waals surface area contributed by atoms with Crippen LogP contribution in [0.2, 0.25) is 5.02 Å². The molecule has 1 heterocycles. The van der Waals surface area contributed by atoms with Crippen molar-refractivity contribution in [3.63, 3.8) is 0 Å². The Kier molecular flexibility index (Phi) is 7.20. The molecule has 1 unspecified atom stereocenters. The molecule has 0 aliphatic carbocycles. The number of carbonyl (C=O) groups is 2. The fourth-order valence-corrected chi connectivity index (χ4v) is 4.43. The normalized spacial score (nSPS) is 22.4. The maximum absolute atomic E-state index is 14.7. The smallest absolute Gasteiger partial charge is 0.410 e. The summed E-state index contributed by atoms with van der Waals surface area (Å²) in [6, 6.07) is 3.14. The number of halogens is 2. The third kappa shape index (κ3) is 5.84. The fourth-order valence-electron chi connectivity index (χ4n) is 4.17. The second-order valence-corrected chi connectivity index (χ2v) is 9.67. The molecule has 0 radical (unpaired) electrons. The Labute approximate surface area is 178 Å². The van der Waals surface area contributed by atoms with Crippen LogP contribution in [0.3, 0.4) is 0 Å². The van der Waals surface area contributed by atoms with Gasteiger partial charge in [-0.1, -0.05) is 25.4 Å². The number of hydrogen-bond donors (Lipinski definition) is 0. The summed E-state index contributed by atoms with van der Waals surface area (Å²) in [5.74, 6) is -0.278. The van der Waals surface area contributed by atoms with Crippen LogP contribution in [0.25, 0.3) is 0 Å². The van der Waals surface area contributed by atoms with E-state index in [9.17, 15) is 14.0 Å². The summed E-state index contributed by atoms with van der Waals surface area (Å²) in [5.41, 5.74) is 0.909. The fraction of sp³-hybridized carbons (Fsp3) is 0.636. The van der Waals surface area contributed by atoms with Crippen LogP contribution >= 0.6 is 11.6 Å². The summed E-state index contributed by atoms with van der Waals surface area (Å²) < 4.78 is 20.0. The van der Waals surface area contributed by atoms with E-state index in [4.69, 9.17) is 16.3 Å². The number of hydrogen-bond acceptors (Lipinski definition) is 3. The molecule has 1 aliphatic heterocycles. The molecule has 1 fully saturated rings. The van der Waals surface area contributed by atoms with Crippen LogP contribution in [0.1, 0.15) is 51.7 Å². The highest BCUT2D eigenvalue weighted by Crippen LogP contribution is 2.40. The van der Waals surface area contributed by atoms with Crippen molar-refractivity contribution in [1.29, 1.82) is 0 Å². The summed E-state index contributed by atoms with van der Waals surface area (Å²) >= 11 is 5.98. The highest BCUT2D eigenvalue weighted by Gasteiger charge is 2.37. The first-order chi connectivity index (χ1) is 13.3. The first kappa shape index (κ1) is 23.5. The molecule has 1 saturated heterocycles. The van der Waals surface area contributed by atoms with Gasteiger partial charge in [0.1, 0.15) is 18.0 Å². The Bertz CT molecular complexity index is 743. The van der Waals surface area contributed by atoms with Crippen LogP contribution in [0.4, 0.5) is 9.18 Å². The van der Waals surface area contributed by atoms with E-state index in [1.165, 1.54) is 11.0 Å². The van der Waals surface area contributed by atoms with Gasteiger partial charge in [0.05, 0.1) is 0 Å². The minimum atomic E-state index is -0.615. The third-order valence-corrected chi connectivity index (χ3v) is 5.53. The number of rotatable bonds is 3. The van der Waals surface area contributed by atoms with E-state index in [1.807, 2.05) is 20.8 Å². The molecule has 29 heavy (non-hydrogen) atoms.